The molecule has 0 amide bonds. The van der Waals surface area contributed by atoms with Crippen LogP contribution in [0.4, 0.5) is 5.69 Å². The second-order valence-electron chi connectivity index (χ2n) is 4.38. The molecule has 0 saturated heterocycles. The van der Waals surface area contributed by atoms with Crippen LogP contribution < -0.4 is 9.64 Å². The van der Waals surface area contributed by atoms with E-state index in [-0.39, 0.29) is 11.1 Å². The Morgan fingerprint density at radius 2 is 2.21 bits per heavy atom. The van der Waals surface area contributed by atoms with Crippen molar-refractivity contribution in [3.8, 4) is 5.75 Å². The number of thioether (sulfide) groups is 1. The van der Waals surface area contributed by atoms with E-state index in [1.807, 2.05) is 18.2 Å². The normalized spacial score (nSPS) is 18.5. The molecule has 0 bridgehead atoms. The number of hydrogen-bond donors (Lipinski definition) is 1. The predicted octanol–water partition coefficient (Wildman–Crippen LogP) is 2.23. The largest absolute Gasteiger partial charge is 0.497 e. The smallest absolute Gasteiger partial charge is 0.264 e. The summed E-state index contributed by atoms with van der Waals surface area (Å²) in [6, 6.07) is 5.89. The van der Waals surface area contributed by atoms with Crippen molar-refractivity contribution < 1.29 is 17.7 Å². The van der Waals surface area contributed by atoms with Gasteiger partial charge in [0.25, 0.3) is 10.1 Å². The molecule has 0 aromatic heterocycles. The zero-order valence-electron chi connectivity index (χ0n) is 10.9. The molecule has 19 heavy (non-hydrogen) atoms. The Morgan fingerprint density at radius 3 is 2.84 bits per heavy atom. The average molecular weight is 303 g/mol. The fraction of sp³-hybridized carbons (Fsp3) is 0.500. The second-order valence-corrected chi connectivity index (χ2v) is 7.31. The minimum Gasteiger partial charge on any atom is -0.497 e. The highest BCUT2D eigenvalue weighted by Gasteiger charge is 2.27. The quantitative estimate of drug-likeness (QED) is 0.841. The molecule has 0 fully saturated rings. The van der Waals surface area contributed by atoms with E-state index in [2.05, 4.69) is 11.8 Å². The SMILES string of the molecule is COc1ccc2c(c1)N(CCCS(=O)(=O)O)C(C)S2. The van der Waals surface area contributed by atoms with Gasteiger partial charge in [0.15, 0.2) is 0 Å². The lowest BCUT2D eigenvalue weighted by molar-refractivity contribution is 0.414. The molecular weight excluding hydrogens is 286 g/mol. The fourth-order valence-electron chi connectivity index (χ4n) is 2.11. The molecule has 0 saturated carbocycles. The first kappa shape index (κ1) is 14.5. The van der Waals surface area contributed by atoms with Gasteiger partial charge in [-0.25, -0.2) is 0 Å². The molecule has 7 heteroatoms. The third-order valence-electron chi connectivity index (χ3n) is 3.01. The maximum atomic E-state index is 10.7. The van der Waals surface area contributed by atoms with Crippen molar-refractivity contribution in [3.05, 3.63) is 18.2 Å². The van der Waals surface area contributed by atoms with E-state index >= 15 is 0 Å². The lowest BCUT2D eigenvalue weighted by atomic mass is 10.2. The maximum Gasteiger partial charge on any atom is 0.264 e. The van der Waals surface area contributed by atoms with Gasteiger partial charge < -0.3 is 9.64 Å². The number of ether oxygens (including phenoxy) is 1. The van der Waals surface area contributed by atoms with Crippen molar-refractivity contribution in [2.24, 2.45) is 0 Å². The van der Waals surface area contributed by atoms with E-state index in [1.54, 1.807) is 18.9 Å². The molecule has 1 aliphatic rings. The number of benzene rings is 1. The third kappa shape index (κ3) is 3.55. The van der Waals surface area contributed by atoms with Crippen LogP contribution in [0.1, 0.15) is 13.3 Å². The van der Waals surface area contributed by atoms with Crippen LogP contribution >= 0.6 is 11.8 Å². The maximum absolute atomic E-state index is 10.7. The van der Waals surface area contributed by atoms with Gasteiger partial charge in [0, 0.05) is 17.5 Å². The zero-order chi connectivity index (χ0) is 14.0. The number of rotatable bonds is 5. The van der Waals surface area contributed by atoms with Crippen LogP contribution in [0, 0.1) is 0 Å². The van der Waals surface area contributed by atoms with Gasteiger partial charge in [-0.15, -0.1) is 0 Å². The first-order valence-corrected chi connectivity index (χ1v) is 8.46. The second kappa shape index (κ2) is 5.60. The average Bonchev–Trinajstić information content (AvgIpc) is 2.63. The van der Waals surface area contributed by atoms with E-state index in [9.17, 15) is 8.42 Å². The Balaban J connectivity index is 2.10. The molecule has 1 heterocycles. The van der Waals surface area contributed by atoms with Crippen molar-refractivity contribution in [1.82, 2.24) is 0 Å². The van der Waals surface area contributed by atoms with Crippen LogP contribution in [-0.2, 0) is 10.1 Å². The summed E-state index contributed by atoms with van der Waals surface area (Å²) >= 11 is 1.73. The van der Waals surface area contributed by atoms with Crippen molar-refractivity contribution in [2.45, 2.75) is 23.6 Å². The standard InChI is InChI=1S/C12H17NO4S2/c1-9-13(6-3-7-19(14,15)16)11-8-10(17-2)4-5-12(11)18-9/h4-5,8-9H,3,6-7H2,1-2H3,(H,14,15,16). The van der Waals surface area contributed by atoms with Gasteiger partial charge in [-0.1, -0.05) is 11.8 Å². The van der Waals surface area contributed by atoms with E-state index in [1.165, 1.54) is 4.90 Å². The van der Waals surface area contributed by atoms with Gasteiger partial charge in [-0.3, -0.25) is 4.55 Å². The van der Waals surface area contributed by atoms with Gasteiger partial charge in [0.1, 0.15) is 5.75 Å². The first-order chi connectivity index (χ1) is 8.90. The summed E-state index contributed by atoms with van der Waals surface area (Å²) in [6.45, 7) is 2.67. The molecule has 2 rings (SSSR count). The molecule has 1 aliphatic heterocycles. The van der Waals surface area contributed by atoms with Gasteiger partial charge >= 0.3 is 0 Å². The van der Waals surface area contributed by atoms with Crippen molar-refractivity contribution >= 4 is 27.6 Å². The minimum absolute atomic E-state index is 0.208. The van der Waals surface area contributed by atoms with Crippen molar-refractivity contribution in [2.75, 3.05) is 24.3 Å². The number of fused-ring (bicyclic) bond motifs is 1. The van der Waals surface area contributed by atoms with Gasteiger partial charge in [-0.2, -0.15) is 8.42 Å². The molecule has 1 N–H and O–H groups in total. The van der Waals surface area contributed by atoms with E-state index < -0.39 is 10.1 Å². The molecule has 106 valence electrons. The molecule has 0 aliphatic carbocycles. The van der Waals surface area contributed by atoms with Crippen LogP contribution in [0.2, 0.25) is 0 Å². The summed E-state index contributed by atoms with van der Waals surface area (Å²) in [4.78, 5) is 3.30. The van der Waals surface area contributed by atoms with Crippen LogP contribution in [-0.4, -0.2) is 37.8 Å². The summed E-state index contributed by atoms with van der Waals surface area (Å²) in [5.41, 5.74) is 1.06. The van der Waals surface area contributed by atoms with Gasteiger partial charge in [0.2, 0.25) is 0 Å². The lowest BCUT2D eigenvalue weighted by Gasteiger charge is -2.23. The Hall–Kier alpha value is -0.920. The summed E-state index contributed by atoms with van der Waals surface area (Å²) in [5.74, 6) is 0.577. The Kier molecular flexibility index (Phi) is 4.27. The molecule has 1 atom stereocenters. The Morgan fingerprint density at radius 1 is 1.47 bits per heavy atom. The number of hydrogen-bond acceptors (Lipinski definition) is 5. The molecule has 1 aromatic rings. The number of nitrogens with zero attached hydrogens (tertiary/aromatic N) is 1. The fourth-order valence-corrected chi connectivity index (χ4v) is 3.76. The molecule has 1 unspecified atom stereocenters. The number of anilines is 1. The van der Waals surface area contributed by atoms with Gasteiger partial charge in [0.05, 0.1) is 23.9 Å². The monoisotopic (exact) mass is 303 g/mol. The summed E-state index contributed by atoms with van der Waals surface area (Å²) in [6.07, 6.45) is 0.403. The third-order valence-corrected chi connectivity index (χ3v) is 5.01. The van der Waals surface area contributed by atoms with Crippen LogP contribution in [0.15, 0.2) is 23.1 Å². The summed E-state index contributed by atoms with van der Waals surface area (Å²) < 4.78 is 35.5. The van der Waals surface area contributed by atoms with Crippen molar-refractivity contribution in [1.29, 1.82) is 0 Å². The van der Waals surface area contributed by atoms with Crippen LogP contribution in [0.5, 0.6) is 5.75 Å². The lowest BCUT2D eigenvalue weighted by Crippen LogP contribution is -2.29. The highest BCUT2D eigenvalue weighted by atomic mass is 32.2. The molecule has 0 spiro atoms. The minimum atomic E-state index is -3.88. The number of methoxy groups -OCH3 is 1. The van der Waals surface area contributed by atoms with Crippen molar-refractivity contribution in [3.63, 3.8) is 0 Å². The van der Waals surface area contributed by atoms with Crippen LogP contribution in [0.3, 0.4) is 0 Å². The summed E-state index contributed by atoms with van der Waals surface area (Å²) in [7, 11) is -2.26. The highest BCUT2D eigenvalue weighted by Crippen LogP contribution is 2.44. The molecule has 5 nitrogen and oxygen atoms in total. The Labute approximate surface area is 117 Å². The predicted molar refractivity (Wildman–Crippen MR) is 76.7 cm³/mol. The molecular formula is C12H17NO4S2. The molecule has 1 aromatic carbocycles. The molecule has 0 radical (unpaired) electrons. The van der Waals surface area contributed by atoms with E-state index in [0.717, 1.165) is 11.4 Å². The van der Waals surface area contributed by atoms with Gasteiger partial charge in [-0.05, 0) is 25.5 Å². The zero-order valence-corrected chi connectivity index (χ0v) is 12.5. The highest BCUT2D eigenvalue weighted by molar-refractivity contribution is 8.00. The Bertz CT molecular complexity index is 559. The van der Waals surface area contributed by atoms with E-state index in [4.69, 9.17) is 9.29 Å². The van der Waals surface area contributed by atoms with E-state index in [0.29, 0.717) is 13.0 Å². The van der Waals surface area contributed by atoms with Crippen LogP contribution in [0.25, 0.3) is 0 Å². The summed E-state index contributed by atoms with van der Waals surface area (Å²) in [5, 5.41) is 0.253. The topological polar surface area (TPSA) is 66.8 Å². The first-order valence-electron chi connectivity index (χ1n) is 5.97.